The third-order valence-corrected chi connectivity index (χ3v) is 10.6. The molecule has 0 fully saturated rings. The van der Waals surface area contributed by atoms with Crippen LogP contribution in [-0.4, -0.2) is 9.13 Å². The Morgan fingerprint density at radius 3 is 1.59 bits per heavy atom. The second kappa shape index (κ2) is 12.5. The molecular weight excluding hydrogens is 657 g/mol. The molecule has 0 unspecified atom stereocenters. The Kier molecular flexibility index (Phi) is 7.22. The predicted octanol–water partition coefficient (Wildman–Crippen LogP) is 12.6. The molecule has 2 aromatic heterocycles. The van der Waals surface area contributed by atoms with E-state index in [0.29, 0.717) is 11.1 Å². The topological polar surface area (TPSA) is 57.4 Å². The van der Waals surface area contributed by atoms with Crippen molar-refractivity contribution in [3.8, 4) is 56.9 Å². The summed E-state index contributed by atoms with van der Waals surface area (Å²) >= 11 is 0. The molecule has 8 aromatic carbocycles. The van der Waals surface area contributed by atoms with E-state index < -0.39 is 0 Å². The summed E-state index contributed by atoms with van der Waals surface area (Å²) in [6, 6.07) is 68.2. The van der Waals surface area contributed by atoms with Gasteiger partial charge >= 0.3 is 0 Å². The fraction of sp³-hybridized carbons (Fsp3) is 0. The van der Waals surface area contributed by atoms with Gasteiger partial charge in [0.15, 0.2) is 0 Å². The zero-order valence-corrected chi connectivity index (χ0v) is 29.1. The molecule has 0 aliphatic carbocycles. The third-order valence-electron chi connectivity index (χ3n) is 10.6. The Hall–Kier alpha value is -7.66. The zero-order valence-electron chi connectivity index (χ0n) is 29.1. The Balaban J connectivity index is 1.26. The van der Waals surface area contributed by atoms with Gasteiger partial charge in [-0.25, -0.2) is 0 Å². The van der Waals surface area contributed by atoms with Crippen molar-refractivity contribution >= 4 is 43.6 Å². The van der Waals surface area contributed by atoms with Crippen LogP contribution in [0.1, 0.15) is 11.1 Å². The first kappa shape index (κ1) is 31.1. The number of nitriles is 2. The average molecular weight is 687 g/mol. The number of benzene rings is 8. The van der Waals surface area contributed by atoms with Gasteiger partial charge in [0.25, 0.3) is 0 Å². The SMILES string of the molecule is N#Cc1ccc(-n2c3ccc(-c4ccccc4)cc3c3c(-c4ccc5c6cc(-c7ccccc7)ccc6n(-c6ccccc6)c5c4)cccc32)cc1C#N. The van der Waals surface area contributed by atoms with E-state index in [1.807, 2.05) is 18.2 Å². The number of hydrogen-bond acceptors (Lipinski definition) is 2. The summed E-state index contributed by atoms with van der Waals surface area (Å²) in [4.78, 5) is 0. The second-order valence-electron chi connectivity index (χ2n) is 13.6. The van der Waals surface area contributed by atoms with Gasteiger partial charge in [-0.3, -0.25) is 0 Å². The van der Waals surface area contributed by atoms with Crippen molar-refractivity contribution in [1.29, 1.82) is 10.5 Å². The summed E-state index contributed by atoms with van der Waals surface area (Å²) in [5, 5.41) is 24.3. The van der Waals surface area contributed by atoms with Gasteiger partial charge in [0.05, 0.1) is 33.2 Å². The van der Waals surface area contributed by atoms with Gasteiger partial charge in [0.1, 0.15) is 12.1 Å². The maximum Gasteiger partial charge on any atom is 0.101 e. The molecule has 54 heavy (non-hydrogen) atoms. The molecule has 0 aliphatic rings. The normalized spacial score (nSPS) is 11.3. The van der Waals surface area contributed by atoms with Gasteiger partial charge < -0.3 is 9.13 Å². The molecule has 10 rings (SSSR count). The van der Waals surface area contributed by atoms with Crippen LogP contribution in [0.25, 0.3) is 88.4 Å². The summed E-state index contributed by atoms with van der Waals surface area (Å²) < 4.78 is 4.59. The van der Waals surface area contributed by atoms with Crippen molar-refractivity contribution in [3.05, 3.63) is 193 Å². The summed E-state index contributed by atoms with van der Waals surface area (Å²) in [5.41, 5.74) is 13.9. The van der Waals surface area contributed by atoms with Crippen LogP contribution in [0.2, 0.25) is 0 Å². The molecule has 250 valence electrons. The van der Waals surface area contributed by atoms with Gasteiger partial charge in [-0.05, 0) is 100 Å². The molecule has 0 radical (unpaired) electrons. The first-order valence-corrected chi connectivity index (χ1v) is 18.0. The van der Waals surface area contributed by atoms with Crippen LogP contribution in [0.15, 0.2) is 182 Å². The van der Waals surface area contributed by atoms with E-state index in [9.17, 15) is 10.5 Å². The number of aromatic nitrogens is 2. The van der Waals surface area contributed by atoms with E-state index in [2.05, 4.69) is 179 Å². The van der Waals surface area contributed by atoms with Crippen molar-refractivity contribution in [2.45, 2.75) is 0 Å². The monoisotopic (exact) mass is 686 g/mol. The minimum absolute atomic E-state index is 0.358. The molecule has 10 aromatic rings. The fourth-order valence-electron chi connectivity index (χ4n) is 8.11. The molecule has 0 atom stereocenters. The minimum Gasteiger partial charge on any atom is -0.309 e. The van der Waals surface area contributed by atoms with Crippen LogP contribution in [0, 0.1) is 22.7 Å². The molecule has 4 nitrogen and oxygen atoms in total. The predicted molar refractivity (Wildman–Crippen MR) is 221 cm³/mol. The number of fused-ring (bicyclic) bond motifs is 6. The lowest BCUT2D eigenvalue weighted by Gasteiger charge is -2.11. The van der Waals surface area contributed by atoms with Crippen molar-refractivity contribution in [2.24, 2.45) is 0 Å². The third kappa shape index (κ3) is 4.90. The maximum atomic E-state index is 9.96. The molecule has 0 aliphatic heterocycles. The molecule has 0 N–H and O–H groups in total. The van der Waals surface area contributed by atoms with Crippen LogP contribution in [0.3, 0.4) is 0 Å². The summed E-state index contributed by atoms with van der Waals surface area (Å²) in [7, 11) is 0. The van der Waals surface area contributed by atoms with Gasteiger partial charge in [-0.2, -0.15) is 10.5 Å². The number of hydrogen-bond donors (Lipinski definition) is 0. The average Bonchev–Trinajstić information content (AvgIpc) is 3.76. The van der Waals surface area contributed by atoms with Crippen molar-refractivity contribution in [2.75, 3.05) is 0 Å². The summed E-state index contributed by atoms with van der Waals surface area (Å²) in [6.45, 7) is 0. The fourth-order valence-corrected chi connectivity index (χ4v) is 8.11. The number of rotatable bonds is 5. The highest BCUT2D eigenvalue weighted by atomic mass is 15.0. The Morgan fingerprint density at radius 2 is 0.926 bits per heavy atom. The maximum absolute atomic E-state index is 9.96. The quantitative estimate of drug-likeness (QED) is 0.181. The standard InChI is InChI=1S/C50H30N4/c51-31-38-19-23-41(27-39(38)32-52)54-47-26-22-36(34-13-6-2-7-14-34)29-45(47)50-42(17-10-18-48(50)54)37-20-24-43-44-28-35(33-11-4-1-5-12-33)21-25-46(44)53(49(43)30-37)40-15-8-3-9-16-40/h1-30H. The molecule has 0 spiro atoms. The van der Waals surface area contributed by atoms with Gasteiger partial charge in [0.2, 0.25) is 0 Å². The lowest BCUT2D eigenvalue weighted by molar-refractivity contribution is 1.17. The summed E-state index contributed by atoms with van der Waals surface area (Å²) in [6.07, 6.45) is 0. The largest absolute Gasteiger partial charge is 0.309 e. The van der Waals surface area contributed by atoms with E-state index in [-0.39, 0.29) is 0 Å². The first-order valence-electron chi connectivity index (χ1n) is 18.0. The van der Waals surface area contributed by atoms with Crippen molar-refractivity contribution in [3.63, 3.8) is 0 Å². The van der Waals surface area contributed by atoms with E-state index >= 15 is 0 Å². The van der Waals surface area contributed by atoms with Crippen LogP contribution >= 0.6 is 0 Å². The molecule has 2 heterocycles. The van der Waals surface area contributed by atoms with E-state index in [1.54, 1.807) is 6.07 Å². The highest BCUT2D eigenvalue weighted by Gasteiger charge is 2.20. The van der Waals surface area contributed by atoms with E-state index in [1.165, 1.54) is 21.9 Å². The minimum atomic E-state index is 0.358. The van der Waals surface area contributed by atoms with E-state index in [0.717, 1.165) is 66.5 Å². The van der Waals surface area contributed by atoms with Crippen LogP contribution in [-0.2, 0) is 0 Å². The van der Waals surface area contributed by atoms with Crippen LogP contribution in [0.4, 0.5) is 0 Å². The zero-order chi connectivity index (χ0) is 36.2. The Morgan fingerprint density at radius 1 is 0.333 bits per heavy atom. The first-order chi connectivity index (χ1) is 26.7. The second-order valence-corrected chi connectivity index (χ2v) is 13.6. The lowest BCUT2D eigenvalue weighted by atomic mass is 9.96. The molecular formula is C50H30N4. The van der Waals surface area contributed by atoms with Gasteiger partial charge in [0, 0.05) is 32.9 Å². The smallest absolute Gasteiger partial charge is 0.101 e. The molecule has 4 heteroatoms. The number of nitrogens with zero attached hydrogens (tertiary/aromatic N) is 4. The van der Waals surface area contributed by atoms with Crippen molar-refractivity contribution < 1.29 is 0 Å². The molecule has 0 saturated carbocycles. The van der Waals surface area contributed by atoms with Crippen LogP contribution in [0.5, 0.6) is 0 Å². The highest BCUT2D eigenvalue weighted by molar-refractivity contribution is 6.18. The Labute approximate surface area is 312 Å². The van der Waals surface area contributed by atoms with Crippen LogP contribution < -0.4 is 0 Å². The molecule has 0 amide bonds. The van der Waals surface area contributed by atoms with Crippen molar-refractivity contribution in [1.82, 2.24) is 9.13 Å². The van der Waals surface area contributed by atoms with E-state index in [4.69, 9.17) is 0 Å². The molecule has 0 bridgehead atoms. The van der Waals surface area contributed by atoms with Gasteiger partial charge in [-0.1, -0.05) is 115 Å². The lowest BCUT2D eigenvalue weighted by Crippen LogP contribution is -1.96. The number of para-hydroxylation sites is 1. The molecule has 0 saturated heterocycles. The summed E-state index contributed by atoms with van der Waals surface area (Å²) in [5.74, 6) is 0. The highest BCUT2D eigenvalue weighted by Crippen LogP contribution is 2.42. The Bertz CT molecular complexity index is 3160. The van der Waals surface area contributed by atoms with Gasteiger partial charge in [-0.15, -0.1) is 0 Å².